The van der Waals surface area contributed by atoms with Crippen LogP contribution in [-0.2, 0) is 4.74 Å². The average Bonchev–Trinajstić information content (AvgIpc) is 3.18. The van der Waals surface area contributed by atoms with Crippen LogP contribution in [0.1, 0.15) is 38.3 Å². The van der Waals surface area contributed by atoms with Crippen LogP contribution in [-0.4, -0.2) is 81.3 Å². The molecule has 0 aromatic heterocycles. The molecule has 2 aliphatic rings. The van der Waals surface area contributed by atoms with E-state index in [1.165, 1.54) is 19.4 Å². The number of nitrogens with one attached hydrogen (secondary N) is 2. The van der Waals surface area contributed by atoms with Crippen molar-refractivity contribution in [3.8, 4) is 0 Å². The Morgan fingerprint density at radius 3 is 2.52 bits per heavy atom. The van der Waals surface area contributed by atoms with Gasteiger partial charge in [-0.3, -0.25) is 14.8 Å². The van der Waals surface area contributed by atoms with Crippen molar-refractivity contribution in [2.75, 3.05) is 59.5 Å². The molecule has 0 amide bonds. The van der Waals surface area contributed by atoms with Gasteiger partial charge in [0.15, 0.2) is 5.96 Å². The molecule has 2 heterocycles. The quantitative estimate of drug-likeness (QED) is 0.298. The summed E-state index contributed by atoms with van der Waals surface area (Å²) in [4.78, 5) is 9.43. The van der Waals surface area contributed by atoms with Crippen molar-refractivity contribution < 1.29 is 9.13 Å². The molecule has 2 aliphatic heterocycles. The molecule has 8 heteroatoms. The Balaban J connectivity index is 0.00000341. The van der Waals surface area contributed by atoms with Crippen LogP contribution in [0.15, 0.2) is 29.3 Å². The Morgan fingerprint density at radius 2 is 1.87 bits per heavy atom. The first-order valence-electron chi connectivity index (χ1n) is 11.3. The molecule has 0 bridgehead atoms. The number of hydrogen-bond donors (Lipinski definition) is 2. The Kier molecular flexibility index (Phi) is 11.5. The summed E-state index contributed by atoms with van der Waals surface area (Å²) in [7, 11) is 1.82. The van der Waals surface area contributed by atoms with E-state index in [-0.39, 0.29) is 35.8 Å². The first-order valence-corrected chi connectivity index (χ1v) is 11.3. The van der Waals surface area contributed by atoms with Gasteiger partial charge in [0.25, 0.3) is 0 Å². The number of nitrogens with zero attached hydrogens (tertiary/aromatic N) is 3. The van der Waals surface area contributed by atoms with Crippen molar-refractivity contribution >= 4 is 29.9 Å². The summed E-state index contributed by atoms with van der Waals surface area (Å²) in [5.74, 6) is 1.31. The monoisotopic (exact) mass is 547 g/mol. The summed E-state index contributed by atoms with van der Waals surface area (Å²) in [6, 6.07) is 7.57. The molecule has 2 saturated heterocycles. The fraction of sp³-hybridized carbons (Fsp3) is 0.696. The fourth-order valence-electron chi connectivity index (χ4n) is 4.50. The van der Waals surface area contributed by atoms with Gasteiger partial charge in [-0.1, -0.05) is 26.0 Å². The van der Waals surface area contributed by atoms with Crippen LogP contribution in [0.3, 0.4) is 0 Å². The summed E-state index contributed by atoms with van der Waals surface area (Å²) in [5, 5.41) is 7.03. The largest absolute Gasteiger partial charge is 0.379 e. The second-order valence-corrected chi connectivity index (χ2v) is 8.73. The molecular weight excluding hydrogens is 508 g/mol. The number of hydrogen-bond acceptors (Lipinski definition) is 4. The van der Waals surface area contributed by atoms with Crippen molar-refractivity contribution in [1.82, 2.24) is 20.4 Å². The zero-order valence-electron chi connectivity index (χ0n) is 19.1. The minimum atomic E-state index is -0.201. The average molecular weight is 548 g/mol. The predicted molar refractivity (Wildman–Crippen MR) is 136 cm³/mol. The summed E-state index contributed by atoms with van der Waals surface area (Å²) < 4.78 is 19.0. The Morgan fingerprint density at radius 1 is 1.16 bits per heavy atom. The van der Waals surface area contributed by atoms with Crippen molar-refractivity contribution in [2.24, 2.45) is 10.9 Å². The number of rotatable bonds is 8. The lowest BCUT2D eigenvalue weighted by molar-refractivity contribution is 0.0170. The van der Waals surface area contributed by atoms with Crippen LogP contribution in [0.2, 0.25) is 0 Å². The van der Waals surface area contributed by atoms with Crippen LogP contribution < -0.4 is 10.6 Å². The highest BCUT2D eigenvalue weighted by Gasteiger charge is 2.26. The number of likely N-dealkylation sites (tertiary alicyclic amines) is 1. The van der Waals surface area contributed by atoms with Gasteiger partial charge in [0, 0.05) is 45.8 Å². The van der Waals surface area contributed by atoms with Gasteiger partial charge in [-0.25, -0.2) is 4.39 Å². The van der Waals surface area contributed by atoms with E-state index < -0.39 is 0 Å². The standard InChI is InChI=1S/C23H38FN5O.HI/c1-18(2)17-29-10-4-5-21(29)15-26-23(25-3)27-16-22(28-11-13-30-14-12-28)19-6-8-20(24)9-7-19;/h6-9,18,21-22H,4-5,10-17H2,1-3H3,(H2,25,26,27);1H/t21-,22?;/m1./s1. The SMILES string of the molecule is CN=C(NCC(c1ccc(F)cc1)N1CCOCC1)NC[C@H]1CCCN1CC(C)C.I. The minimum absolute atomic E-state index is 0. The molecule has 2 N–H and O–H groups in total. The van der Waals surface area contributed by atoms with E-state index in [0.29, 0.717) is 18.5 Å². The van der Waals surface area contributed by atoms with Gasteiger partial charge < -0.3 is 15.4 Å². The molecule has 3 rings (SSSR count). The van der Waals surface area contributed by atoms with Crippen molar-refractivity contribution in [2.45, 2.75) is 38.8 Å². The smallest absolute Gasteiger partial charge is 0.191 e. The first-order chi connectivity index (χ1) is 14.6. The molecule has 2 atom stereocenters. The van der Waals surface area contributed by atoms with Gasteiger partial charge in [-0.2, -0.15) is 0 Å². The summed E-state index contributed by atoms with van der Waals surface area (Å²) in [5.41, 5.74) is 1.11. The summed E-state index contributed by atoms with van der Waals surface area (Å²) >= 11 is 0. The van der Waals surface area contributed by atoms with Crippen LogP contribution in [0.4, 0.5) is 4.39 Å². The van der Waals surface area contributed by atoms with Crippen LogP contribution in [0.5, 0.6) is 0 Å². The summed E-state index contributed by atoms with van der Waals surface area (Å²) in [6.45, 7) is 11.8. The van der Waals surface area contributed by atoms with Gasteiger partial charge in [0.05, 0.1) is 19.3 Å². The van der Waals surface area contributed by atoms with Crippen molar-refractivity contribution in [3.05, 3.63) is 35.6 Å². The highest BCUT2D eigenvalue weighted by Crippen LogP contribution is 2.22. The Bertz CT molecular complexity index is 666. The van der Waals surface area contributed by atoms with E-state index in [0.717, 1.165) is 50.9 Å². The number of morpholine rings is 1. The normalized spacial score (nSPS) is 21.7. The van der Waals surface area contributed by atoms with E-state index in [1.807, 2.05) is 19.2 Å². The van der Waals surface area contributed by atoms with E-state index in [9.17, 15) is 4.39 Å². The molecular formula is C23H39FIN5O. The summed E-state index contributed by atoms with van der Waals surface area (Å²) in [6.07, 6.45) is 2.51. The zero-order chi connectivity index (χ0) is 21.3. The third-order valence-corrected chi connectivity index (χ3v) is 6.03. The number of aliphatic imine (C=N–C) groups is 1. The maximum Gasteiger partial charge on any atom is 0.191 e. The Hall–Kier alpha value is -0.970. The van der Waals surface area contributed by atoms with Gasteiger partial charge in [-0.05, 0) is 43.0 Å². The predicted octanol–water partition coefficient (Wildman–Crippen LogP) is 3.10. The van der Waals surface area contributed by atoms with Crippen molar-refractivity contribution in [1.29, 1.82) is 0 Å². The number of benzene rings is 1. The maximum absolute atomic E-state index is 13.4. The van der Waals surface area contributed by atoms with Crippen molar-refractivity contribution in [3.63, 3.8) is 0 Å². The highest BCUT2D eigenvalue weighted by molar-refractivity contribution is 14.0. The van der Waals surface area contributed by atoms with Crippen LogP contribution >= 0.6 is 24.0 Å². The second-order valence-electron chi connectivity index (χ2n) is 8.73. The maximum atomic E-state index is 13.4. The minimum Gasteiger partial charge on any atom is -0.379 e. The number of ether oxygens (including phenoxy) is 1. The molecule has 31 heavy (non-hydrogen) atoms. The van der Waals surface area contributed by atoms with Gasteiger partial charge in [-0.15, -0.1) is 24.0 Å². The molecule has 2 fully saturated rings. The van der Waals surface area contributed by atoms with Gasteiger partial charge in [0.2, 0.25) is 0 Å². The third kappa shape index (κ3) is 8.14. The molecule has 0 spiro atoms. The van der Waals surface area contributed by atoms with E-state index in [2.05, 4.69) is 39.3 Å². The first kappa shape index (κ1) is 26.3. The molecule has 0 aliphatic carbocycles. The lowest BCUT2D eigenvalue weighted by Crippen LogP contribution is -2.48. The van der Waals surface area contributed by atoms with E-state index in [4.69, 9.17) is 4.74 Å². The second kappa shape index (κ2) is 13.5. The lowest BCUT2D eigenvalue weighted by atomic mass is 10.0. The fourth-order valence-corrected chi connectivity index (χ4v) is 4.50. The molecule has 1 aromatic carbocycles. The molecule has 1 aromatic rings. The van der Waals surface area contributed by atoms with E-state index in [1.54, 1.807) is 12.1 Å². The highest BCUT2D eigenvalue weighted by atomic mass is 127. The van der Waals surface area contributed by atoms with Gasteiger partial charge >= 0.3 is 0 Å². The Labute approximate surface area is 204 Å². The molecule has 176 valence electrons. The van der Waals surface area contributed by atoms with Crippen LogP contribution in [0.25, 0.3) is 0 Å². The van der Waals surface area contributed by atoms with Gasteiger partial charge in [0.1, 0.15) is 5.82 Å². The van der Waals surface area contributed by atoms with E-state index >= 15 is 0 Å². The molecule has 1 unspecified atom stereocenters. The number of halogens is 2. The molecule has 6 nitrogen and oxygen atoms in total. The van der Waals surface area contributed by atoms with Crippen LogP contribution in [0, 0.1) is 11.7 Å². The lowest BCUT2D eigenvalue weighted by Gasteiger charge is -2.35. The molecule has 0 radical (unpaired) electrons. The molecule has 0 saturated carbocycles. The number of guanidine groups is 1. The third-order valence-electron chi connectivity index (χ3n) is 6.03. The topological polar surface area (TPSA) is 52.1 Å². The zero-order valence-corrected chi connectivity index (χ0v) is 21.5.